The molecule has 0 saturated heterocycles. The van der Waals surface area contributed by atoms with Gasteiger partial charge in [-0.15, -0.1) is 0 Å². The Labute approximate surface area is 134 Å². The molecule has 0 saturated carbocycles. The van der Waals surface area contributed by atoms with Crippen LogP contribution < -0.4 is 5.32 Å². The second-order valence-electron chi connectivity index (χ2n) is 6.20. The highest BCUT2D eigenvalue weighted by Gasteiger charge is 2.30. The first-order valence-electron chi connectivity index (χ1n) is 8.04. The van der Waals surface area contributed by atoms with E-state index in [1.807, 2.05) is 14.1 Å². The van der Waals surface area contributed by atoms with E-state index in [9.17, 15) is 0 Å². The fourth-order valence-electron chi connectivity index (χ4n) is 4.23. The summed E-state index contributed by atoms with van der Waals surface area (Å²) in [6.07, 6.45) is 2.23. The van der Waals surface area contributed by atoms with Gasteiger partial charge in [0.05, 0.1) is 0 Å². The lowest BCUT2D eigenvalue weighted by Crippen LogP contribution is -2.22. The third-order valence-corrected chi connectivity index (χ3v) is 5.16. The third kappa shape index (κ3) is 1.49. The molecular formula is C20H17N3. The van der Waals surface area contributed by atoms with Crippen molar-refractivity contribution in [1.29, 1.82) is 0 Å². The first-order valence-corrected chi connectivity index (χ1v) is 8.04. The zero-order chi connectivity index (χ0) is 15.6. The van der Waals surface area contributed by atoms with Crippen molar-refractivity contribution in [3.63, 3.8) is 0 Å². The van der Waals surface area contributed by atoms with E-state index in [2.05, 4.69) is 51.7 Å². The van der Waals surface area contributed by atoms with E-state index in [0.29, 0.717) is 0 Å². The summed E-state index contributed by atoms with van der Waals surface area (Å²) in [6, 6.07) is 13.3. The minimum Gasteiger partial charge on any atom is -0.324 e. The number of nitrogens with zero attached hydrogens (tertiary/aromatic N) is 2. The van der Waals surface area contributed by atoms with Gasteiger partial charge in [0.25, 0.3) is 0 Å². The predicted molar refractivity (Wildman–Crippen MR) is 96.9 cm³/mol. The highest BCUT2D eigenvalue weighted by Crippen LogP contribution is 2.41. The van der Waals surface area contributed by atoms with Crippen LogP contribution in [-0.4, -0.2) is 25.8 Å². The van der Waals surface area contributed by atoms with Gasteiger partial charge in [0.1, 0.15) is 11.7 Å². The zero-order valence-electron chi connectivity index (χ0n) is 13.3. The monoisotopic (exact) mass is 299 g/mol. The van der Waals surface area contributed by atoms with Crippen LogP contribution in [0.15, 0.2) is 46.4 Å². The normalized spacial score (nSPS) is 19.0. The maximum absolute atomic E-state index is 4.48. The second kappa shape index (κ2) is 4.42. The average molecular weight is 299 g/mol. The number of nitrogens with one attached hydrogen (secondary N) is 1. The zero-order valence-corrected chi connectivity index (χ0v) is 13.3. The van der Waals surface area contributed by atoms with Crippen LogP contribution in [-0.2, 0) is 12.8 Å². The molecule has 0 bridgehead atoms. The molecule has 1 heterocycles. The van der Waals surface area contributed by atoms with Crippen LogP contribution in [0, 0.1) is 0 Å². The topological polar surface area (TPSA) is 36.8 Å². The van der Waals surface area contributed by atoms with Crippen molar-refractivity contribution < 1.29 is 0 Å². The van der Waals surface area contributed by atoms with E-state index in [1.54, 1.807) is 0 Å². The number of rotatable bonds is 0. The van der Waals surface area contributed by atoms with Gasteiger partial charge in [-0.25, -0.2) is 0 Å². The van der Waals surface area contributed by atoms with Crippen LogP contribution in [0.25, 0.3) is 21.5 Å². The molecule has 1 aliphatic carbocycles. The summed E-state index contributed by atoms with van der Waals surface area (Å²) in [5.74, 6) is 1.85. The van der Waals surface area contributed by atoms with E-state index in [0.717, 1.165) is 24.5 Å². The van der Waals surface area contributed by atoms with E-state index < -0.39 is 0 Å². The summed E-state index contributed by atoms with van der Waals surface area (Å²) >= 11 is 0. The molecule has 5 rings (SSSR count). The van der Waals surface area contributed by atoms with Gasteiger partial charge in [-0.2, -0.15) is 0 Å². The van der Waals surface area contributed by atoms with Crippen molar-refractivity contribution in [2.45, 2.75) is 12.8 Å². The van der Waals surface area contributed by atoms with Crippen LogP contribution in [0.2, 0.25) is 0 Å². The standard InChI is InChI=1S/C20H17N3/c1-21-19-17-13-7-3-5-11-9-10-12-6-4-8-14(16(12)15(11)13)18(17)20(22-2)23-19/h3-8H,9-10H2,1-2H3,(H,21,22,23). The minimum atomic E-state index is 0.927. The molecule has 0 amide bonds. The van der Waals surface area contributed by atoms with Gasteiger partial charge in [0.15, 0.2) is 0 Å². The summed E-state index contributed by atoms with van der Waals surface area (Å²) in [5, 5.41) is 8.80. The summed E-state index contributed by atoms with van der Waals surface area (Å²) < 4.78 is 0. The summed E-state index contributed by atoms with van der Waals surface area (Å²) in [7, 11) is 3.68. The van der Waals surface area contributed by atoms with Gasteiger partial charge < -0.3 is 5.32 Å². The number of fused-ring (bicyclic) bond motifs is 3. The molecule has 3 aromatic rings. The molecule has 3 nitrogen and oxygen atoms in total. The van der Waals surface area contributed by atoms with E-state index in [-0.39, 0.29) is 0 Å². The Morgan fingerprint density at radius 2 is 1.22 bits per heavy atom. The van der Waals surface area contributed by atoms with Gasteiger partial charge in [-0.05, 0) is 45.5 Å². The second-order valence-corrected chi connectivity index (χ2v) is 6.20. The fourth-order valence-corrected chi connectivity index (χ4v) is 4.23. The number of hydrogen-bond donors (Lipinski definition) is 1. The Morgan fingerprint density at radius 3 is 1.65 bits per heavy atom. The summed E-state index contributed by atoms with van der Waals surface area (Å²) in [4.78, 5) is 8.96. The van der Waals surface area contributed by atoms with Crippen LogP contribution in [0.3, 0.4) is 0 Å². The molecule has 23 heavy (non-hydrogen) atoms. The first kappa shape index (κ1) is 12.8. The van der Waals surface area contributed by atoms with Crippen molar-refractivity contribution in [2.24, 2.45) is 9.98 Å². The maximum Gasteiger partial charge on any atom is 0.135 e. The Hall–Kier alpha value is -2.68. The fraction of sp³-hybridized carbons (Fsp3) is 0.200. The molecule has 1 N–H and O–H groups in total. The number of benzene rings is 3. The largest absolute Gasteiger partial charge is 0.324 e. The maximum atomic E-state index is 4.48. The lowest BCUT2D eigenvalue weighted by atomic mass is 9.82. The SMILES string of the molecule is CN=C1NC(=NC)c2c1c1cccc3c1c1c(cccc21)CC3. The summed E-state index contributed by atoms with van der Waals surface area (Å²) in [6.45, 7) is 0. The Bertz CT molecular complexity index is 973. The van der Waals surface area contributed by atoms with E-state index in [1.165, 1.54) is 43.8 Å². The Balaban J connectivity index is 2.15. The molecule has 1 aliphatic heterocycles. The Morgan fingerprint density at radius 1 is 0.739 bits per heavy atom. The Kier molecular flexibility index (Phi) is 2.46. The predicted octanol–water partition coefficient (Wildman–Crippen LogP) is 3.45. The highest BCUT2D eigenvalue weighted by atomic mass is 15.1. The quantitative estimate of drug-likeness (QED) is 0.634. The molecule has 0 fully saturated rings. The molecule has 3 heteroatoms. The van der Waals surface area contributed by atoms with E-state index in [4.69, 9.17) is 0 Å². The van der Waals surface area contributed by atoms with Crippen molar-refractivity contribution >= 4 is 33.2 Å². The van der Waals surface area contributed by atoms with Crippen LogP contribution in [0.4, 0.5) is 0 Å². The van der Waals surface area contributed by atoms with Crippen LogP contribution in [0.1, 0.15) is 22.3 Å². The van der Waals surface area contributed by atoms with Crippen LogP contribution >= 0.6 is 0 Å². The van der Waals surface area contributed by atoms with Gasteiger partial charge in [0, 0.05) is 25.2 Å². The minimum absolute atomic E-state index is 0.927. The molecule has 112 valence electrons. The third-order valence-electron chi connectivity index (χ3n) is 5.16. The molecule has 3 aromatic carbocycles. The lowest BCUT2D eigenvalue weighted by molar-refractivity contribution is 0.968. The lowest BCUT2D eigenvalue weighted by Gasteiger charge is -2.21. The van der Waals surface area contributed by atoms with E-state index >= 15 is 0 Å². The molecule has 0 spiro atoms. The smallest absolute Gasteiger partial charge is 0.135 e. The van der Waals surface area contributed by atoms with Gasteiger partial charge in [0.2, 0.25) is 0 Å². The average Bonchev–Trinajstić information content (AvgIpc) is 2.99. The summed E-state index contributed by atoms with van der Waals surface area (Å²) in [5.41, 5.74) is 5.31. The molecule has 0 unspecified atom stereocenters. The molecule has 2 aliphatic rings. The van der Waals surface area contributed by atoms with Crippen molar-refractivity contribution in [2.75, 3.05) is 14.1 Å². The van der Waals surface area contributed by atoms with Gasteiger partial charge in [-0.1, -0.05) is 36.4 Å². The number of hydrogen-bond acceptors (Lipinski definition) is 2. The number of aryl methyl sites for hydroxylation is 2. The first-order chi connectivity index (χ1) is 11.3. The highest BCUT2D eigenvalue weighted by molar-refractivity contribution is 6.36. The number of aliphatic imine (C=N–C) groups is 2. The van der Waals surface area contributed by atoms with Crippen molar-refractivity contribution in [3.05, 3.63) is 58.7 Å². The number of amidine groups is 2. The van der Waals surface area contributed by atoms with Gasteiger partial charge >= 0.3 is 0 Å². The molecule has 0 radical (unpaired) electrons. The van der Waals surface area contributed by atoms with Crippen LogP contribution in [0.5, 0.6) is 0 Å². The molecular weight excluding hydrogens is 282 g/mol. The van der Waals surface area contributed by atoms with Crippen molar-refractivity contribution in [1.82, 2.24) is 5.32 Å². The van der Waals surface area contributed by atoms with Gasteiger partial charge in [-0.3, -0.25) is 9.98 Å². The molecule has 0 atom stereocenters. The molecule has 0 aromatic heterocycles. The van der Waals surface area contributed by atoms with Crippen molar-refractivity contribution in [3.8, 4) is 0 Å².